The fourth-order valence-electron chi connectivity index (χ4n) is 0.859. The number of carbonyl (C=O) groups is 2. The first-order chi connectivity index (χ1) is 7.29. The van der Waals surface area contributed by atoms with Gasteiger partial charge in [-0.05, 0) is 6.92 Å². The second-order valence-corrected chi connectivity index (χ2v) is 5.22. The minimum Gasteiger partial charge on any atom is -0.481 e. The molecule has 0 saturated carbocycles. The molecule has 16 heavy (non-hydrogen) atoms. The highest BCUT2D eigenvalue weighted by molar-refractivity contribution is 7.89. The van der Waals surface area contributed by atoms with E-state index in [-0.39, 0.29) is 6.61 Å². The van der Waals surface area contributed by atoms with Crippen LogP contribution in [-0.4, -0.2) is 55.7 Å². The van der Waals surface area contributed by atoms with E-state index in [9.17, 15) is 18.0 Å². The molecule has 0 aromatic rings. The largest absolute Gasteiger partial charge is 0.481 e. The molecule has 0 rings (SSSR count). The molecule has 0 radical (unpaired) electrons. The number of ether oxygens (including phenoxy) is 1. The maximum Gasteiger partial charge on any atom is 0.321 e. The van der Waals surface area contributed by atoms with E-state index < -0.39 is 40.7 Å². The van der Waals surface area contributed by atoms with E-state index in [1.165, 1.54) is 7.05 Å². The summed E-state index contributed by atoms with van der Waals surface area (Å²) in [5.74, 6) is -2.39. The van der Waals surface area contributed by atoms with Crippen LogP contribution in [0.4, 0.5) is 0 Å². The molecule has 94 valence electrons. The molecule has 0 amide bonds. The summed E-state index contributed by atoms with van der Waals surface area (Å²) in [6, 6.07) is 0. The van der Waals surface area contributed by atoms with E-state index in [1.54, 1.807) is 6.92 Å². The number of carboxylic acid groups (broad SMARTS) is 1. The zero-order valence-corrected chi connectivity index (χ0v) is 9.99. The molecular weight excluding hydrogens is 238 g/mol. The Balaban J connectivity index is 4.29. The lowest BCUT2D eigenvalue weighted by molar-refractivity contribution is -0.143. The second-order valence-electron chi connectivity index (χ2n) is 3.02. The first-order valence-corrected chi connectivity index (χ1v) is 6.22. The number of nitrogens with zero attached hydrogens (tertiary/aromatic N) is 1. The minimum atomic E-state index is -3.72. The van der Waals surface area contributed by atoms with Crippen molar-refractivity contribution in [3.05, 3.63) is 0 Å². The fourth-order valence-corrected chi connectivity index (χ4v) is 1.91. The third-order valence-electron chi connectivity index (χ3n) is 1.71. The van der Waals surface area contributed by atoms with Gasteiger partial charge in [0.05, 0.1) is 18.8 Å². The zero-order valence-electron chi connectivity index (χ0n) is 9.17. The third-order valence-corrected chi connectivity index (χ3v) is 3.50. The number of rotatable bonds is 7. The summed E-state index contributed by atoms with van der Waals surface area (Å²) in [7, 11) is -2.51. The summed E-state index contributed by atoms with van der Waals surface area (Å²) in [6.45, 7) is 1.37. The molecule has 0 aromatic carbocycles. The maximum absolute atomic E-state index is 11.4. The highest BCUT2D eigenvalue weighted by atomic mass is 32.2. The molecule has 0 aliphatic rings. The van der Waals surface area contributed by atoms with Crippen LogP contribution in [0.5, 0.6) is 0 Å². The van der Waals surface area contributed by atoms with Crippen molar-refractivity contribution < 1.29 is 27.9 Å². The van der Waals surface area contributed by atoms with Gasteiger partial charge in [-0.1, -0.05) is 0 Å². The highest BCUT2D eigenvalue weighted by Gasteiger charge is 2.21. The Morgan fingerprint density at radius 2 is 1.94 bits per heavy atom. The Morgan fingerprint density at radius 1 is 1.38 bits per heavy atom. The molecular formula is C8H15NO6S. The van der Waals surface area contributed by atoms with Crippen molar-refractivity contribution >= 4 is 22.0 Å². The number of carboxylic acids is 1. The molecule has 0 atom stereocenters. The van der Waals surface area contributed by atoms with Crippen molar-refractivity contribution in [3.63, 3.8) is 0 Å². The van der Waals surface area contributed by atoms with Gasteiger partial charge in [-0.2, -0.15) is 4.31 Å². The Kier molecular flexibility index (Phi) is 5.97. The van der Waals surface area contributed by atoms with E-state index >= 15 is 0 Å². The summed E-state index contributed by atoms with van der Waals surface area (Å²) >= 11 is 0. The van der Waals surface area contributed by atoms with E-state index in [4.69, 9.17) is 5.11 Å². The molecule has 0 aromatic heterocycles. The molecule has 8 heteroatoms. The first-order valence-electron chi connectivity index (χ1n) is 4.61. The van der Waals surface area contributed by atoms with Crippen molar-refractivity contribution in [3.8, 4) is 0 Å². The molecule has 0 bridgehead atoms. The monoisotopic (exact) mass is 253 g/mol. The van der Waals surface area contributed by atoms with Crippen molar-refractivity contribution in [2.45, 2.75) is 13.3 Å². The van der Waals surface area contributed by atoms with Gasteiger partial charge < -0.3 is 9.84 Å². The van der Waals surface area contributed by atoms with Crippen LogP contribution in [0.1, 0.15) is 13.3 Å². The molecule has 0 fully saturated rings. The average Bonchev–Trinajstić information content (AvgIpc) is 2.15. The molecule has 0 aliphatic heterocycles. The SMILES string of the molecule is CCOC(=O)CN(C)S(=O)(=O)CCC(=O)O. The fraction of sp³-hybridized carbons (Fsp3) is 0.750. The summed E-state index contributed by atoms with van der Waals surface area (Å²) in [6.07, 6.45) is -0.491. The van der Waals surface area contributed by atoms with Crippen LogP contribution in [0.2, 0.25) is 0 Å². The number of carbonyl (C=O) groups excluding carboxylic acids is 1. The summed E-state index contributed by atoms with van der Waals surface area (Å²) in [5, 5.41) is 8.35. The lowest BCUT2D eigenvalue weighted by atomic mass is 10.5. The smallest absolute Gasteiger partial charge is 0.321 e. The van der Waals surface area contributed by atoms with E-state index in [2.05, 4.69) is 4.74 Å². The van der Waals surface area contributed by atoms with Crippen LogP contribution in [-0.2, 0) is 24.3 Å². The molecule has 0 saturated heterocycles. The Bertz CT molecular complexity index is 350. The number of hydrogen-bond acceptors (Lipinski definition) is 5. The van der Waals surface area contributed by atoms with Crippen molar-refractivity contribution in [2.24, 2.45) is 0 Å². The van der Waals surface area contributed by atoms with Crippen LogP contribution in [0.3, 0.4) is 0 Å². The number of hydrogen-bond donors (Lipinski definition) is 1. The molecule has 0 spiro atoms. The van der Waals surface area contributed by atoms with Gasteiger partial charge in [-0.3, -0.25) is 9.59 Å². The predicted octanol–water partition coefficient (Wildman–Crippen LogP) is -0.714. The zero-order chi connectivity index (χ0) is 12.8. The van der Waals surface area contributed by atoms with Crippen molar-refractivity contribution in [1.29, 1.82) is 0 Å². The van der Waals surface area contributed by atoms with E-state index in [0.29, 0.717) is 0 Å². The Morgan fingerprint density at radius 3 is 2.38 bits per heavy atom. The van der Waals surface area contributed by atoms with Gasteiger partial charge in [0.1, 0.15) is 6.54 Å². The summed E-state index contributed by atoms with van der Waals surface area (Å²) in [5.41, 5.74) is 0. The first kappa shape index (κ1) is 14.8. The molecule has 7 nitrogen and oxygen atoms in total. The van der Waals surface area contributed by atoms with Crippen LogP contribution >= 0.6 is 0 Å². The van der Waals surface area contributed by atoms with Gasteiger partial charge in [0.15, 0.2) is 0 Å². The van der Waals surface area contributed by atoms with Crippen molar-refractivity contribution in [2.75, 3.05) is 26.0 Å². The van der Waals surface area contributed by atoms with Crippen LogP contribution in [0.25, 0.3) is 0 Å². The number of esters is 1. The van der Waals surface area contributed by atoms with Gasteiger partial charge in [-0.15, -0.1) is 0 Å². The van der Waals surface area contributed by atoms with Crippen molar-refractivity contribution in [1.82, 2.24) is 4.31 Å². The van der Waals surface area contributed by atoms with Gasteiger partial charge >= 0.3 is 11.9 Å². The number of likely N-dealkylation sites (N-methyl/N-ethyl adjacent to an activating group) is 1. The Hall–Kier alpha value is -1.15. The lowest BCUT2D eigenvalue weighted by Gasteiger charge is -2.15. The average molecular weight is 253 g/mol. The Labute approximate surface area is 94.0 Å². The third kappa shape index (κ3) is 5.66. The standard InChI is InChI=1S/C8H15NO6S/c1-3-15-8(12)6-9(2)16(13,14)5-4-7(10)11/h3-6H2,1-2H3,(H,10,11). The number of sulfonamides is 1. The molecule has 0 unspecified atom stereocenters. The minimum absolute atomic E-state index is 0.168. The molecule has 1 N–H and O–H groups in total. The van der Waals surface area contributed by atoms with Crippen LogP contribution in [0.15, 0.2) is 0 Å². The summed E-state index contributed by atoms with van der Waals surface area (Å²) in [4.78, 5) is 21.2. The predicted molar refractivity (Wildman–Crippen MR) is 55.3 cm³/mol. The normalized spacial score (nSPS) is 11.4. The van der Waals surface area contributed by atoms with E-state index in [1.807, 2.05) is 0 Å². The van der Waals surface area contributed by atoms with Gasteiger partial charge in [0.25, 0.3) is 0 Å². The van der Waals surface area contributed by atoms with Gasteiger partial charge in [0, 0.05) is 7.05 Å². The van der Waals surface area contributed by atoms with Gasteiger partial charge in [-0.25, -0.2) is 8.42 Å². The molecule has 0 aliphatic carbocycles. The molecule has 0 heterocycles. The second kappa shape index (κ2) is 6.44. The maximum atomic E-state index is 11.4. The van der Waals surface area contributed by atoms with Crippen LogP contribution < -0.4 is 0 Å². The van der Waals surface area contributed by atoms with Crippen LogP contribution in [0, 0.1) is 0 Å². The number of aliphatic carboxylic acids is 1. The van der Waals surface area contributed by atoms with E-state index in [0.717, 1.165) is 4.31 Å². The topological polar surface area (TPSA) is 101 Å². The highest BCUT2D eigenvalue weighted by Crippen LogP contribution is 2.00. The van der Waals surface area contributed by atoms with Gasteiger partial charge in [0.2, 0.25) is 10.0 Å². The quantitative estimate of drug-likeness (QED) is 0.601. The summed E-state index contributed by atoms with van der Waals surface area (Å²) < 4.78 is 28.2. The lowest BCUT2D eigenvalue weighted by Crippen LogP contribution is -2.35.